The molecule has 196 valence electrons. The number of Topliss-reactive ketones (excluding diaryl/α,β-unsaturated/α-hetero) is 1. The number of carbonyl (C=O) groups excluding carboxylic acids is 2. The van der Waals surface area contributed by atoms with Crippen LogP contribution in [-0.2, 0) is 22.5 Å². The van der Waals surface area contributed by atoms with Crippen molar-refractivity contribution in [1.82, 2.24) is 19.5 Å². The number of ketones is 1. The third-order valence-corrected chi connectivity index (χ3v) is 6.92. The van der Waals surface area contributed by atoms with Crippen LogP contribution in [0, 0.1) is 0 Å². The van der Waals surface area contributed by atoms with Crippen LogP contribution in [0.15, 0.2) is 59.1 Å². The van der Waals surface area contributed by atoms with Gasteiger partial charge >= 0.3 is 5.97 Å². The molecule has 0 saturated carbocycles. The van der Waals surface area contributed by atoms with Gasteiger partial charge in [-0.2, -0.15) is 4.98 Å². The van der Waals surface area contributed by atoms with Crippen molar-refractivity contribution in [2.75, 3.05) is 12.4 Å². The topological polar surface area (TPSA) is 104 Å². The number of hydrogen-bond donors (Lipinski definition) is 0. The molecule has 10 heteroatoms. The first kappa shape index (κ1) is 28.5. The van der Waals surface area contributed by atoms with E-state index in [9.17, 15) is 14.4 Å². The molecule has 0 saturated heterocycles. The summed E-state index contributed by atoms with van der Waals surface area (Å²) in [5.41, 5.74) is 1.64. The molecule has 0 amide bonds. The van der Waals surface area contributed by atoms with E-state index in [0.717, 1.165) is 43.4 Å². The summed E-state index contributed by atoms with van der Waals surface area (Å²) in [6.45, 7) is 2.03. The number of aromatic nitrogens is 4. The Morgan fingerprint density at radius 1 is 1.03 bits per heavy atom. The van der Waals surface area contributed by atoms with Crippen molar-refractivity contribution < 1.29 is 14.3 Å². The van der Waals surface area contributed by atoms with E-state index in [1.54, 1.807) is 54.3 Å². The van der Waals surface area contributed by atoms with Crippen LogP contribution in [0.5, 0.6) is 0 Å². The van der Waals surface area contributed by atoms with Gasteiger partial charge in [-0.05, 0) is 49.6 Å². The lowest BCUT2D eigenvalue weighted by atomic mass is 10.0. The smallest absolute Gasteiger partial charge is 0.326 e. The maximum Gasteiger partial charge on any atom is 0.326 e. The van der Waals surface area contributed by atoms with E-state index in [-0.39, 0.29) is 30.5 Å². The van der Waals surface area contributed by atoms with Crippen molar-refractivity contribution in [2.45, 2.75) is 63.6 Å². The van der Waals surface area contributed by atoms with Crippen LogP contribution in [0.4, 0.5) is 0 Å². The molecule has 37 heavy (non-hydrogen) atoms. The van der Waals surface area contributed by atoms with Crippen LogP contribution in [-0.4, -0.2) is 43.6 Å². The van der Waals surface area contributed by atoms with Gasteiger partial charge in [-0.15, -0.1) is 0 Å². The second-order valence-corrected chi connectivity index (χ2v) is 10.0. The highest BCUT2D eigenvalue weighted by molar-refractivity contribution is 7.99. The molecule has 2 heterocycles. The molecule has 0 bridgehead atoms. The highest BCUT2D eigenvalue weighted by Gasteiger charge is 2.14. The van der Waals surface area contributed by atoms with Gasteiger partial charge in [0.2, 0.25) is 0 Å². The van der Waals surface area contributed by atoms with Gasteiger partial charge < -0.3 is 9.30 Å². The molecule has 0 aliphatic rings. The molecule has 8 nitrogen and oxygen atoms in total. The Hall–Kier alpha value is -3.04. The van der Waals surface area contributed by atoms with Crippen LogP contribution in [0.1, 0.15) is 66.9 Å². The maximum absolute atomic E-state index is 12.7. The largest absolute Gasteiger partial charge is 0.465 e. The number of thioether (sulfide) groups is 1. The third-order valence-electron chi connectivity index (χ3n) is 5.59. The van der Waals surface area contributed by atoms with Crippen molar-refractivity contribution in [3.05, 3.63) is 81.3 Å². The Kier molecular flexibility index (Phi) is 11.8. The molecule has 0 unspecified atom stereocenters. The summed E-state index contributed by atoms with van der Waals surface area (Å²) in [5, 5.41) is 1.13. The van der Waals surface area contributed by atoms with Crippen LogP contribution >= 0.6 is 23.4 Å². The minimum atomic E-state index is -0.378. The van der Waals surface area contributed by atoms with Gasteiger partial charge in [-0.25, -0.2) is 9.97 Å². The number of benzene rings is 1. The number of esters is 1. The first-order chi connectivity index (χ1) is 18.0. The van der Waals surface area contributed by atoms with Crippen molar-refractivity contribution in [3.8, 4) is 0 Å². The molecular weight excluding hydrogens is 512 g/mol. The van der Waals surface area contributed by atoms with Gasteiger partial charge in [0.15, 0.2) is 10.9 Å². The molecular formula is C27H31ClN4O4S. The number of halogens is 1. The first-order valence-electron chi connectivity index (χ1n) is 12.4. The molecule has 0 radical (unpaired) electrons. The minimum Gasteiger partial charge on any atom is -0.465 e. The van der Waals surface area contributed by atoms with Crippen molar-refractivity contribution in [3.63, 3.8) is 0 Å². The Labute approximate surface area is 225 Å². The molecule has 2 aromatic heterocycles. The summed E-state index contributed by atoms with van der Waals surface area (Å²) < 4.78 is 6.78. The Morgan fingerprint density at radius 2 is 1.73 bits per heavy atom. The standard InChI is InChI=1S/C27H31ClN4O4S/c1-2-36-25(34)18-32-17-22(14-20-15-29-19-30-16-20)26(35)31-27(32)37-13-7-5-3-4-6-8-24(33)21-9-11-23(28)12-10-21/h9-12,15-17,19H,2-8,13-14,18H2,1H3. The van der Waals surface area contributed by atoms with E-state index >= 15 is 0 Å². The highest BCUT2D eigenvalue weighted by Crippen LogP contribution is 2.19. The second-order valence-electron chi connectivity index (χ2n) is 8.51. The molecule has 3 rings (SSSR count). The Bertz CT molecular complexity index is 1220. The molecule has 0 aliphatic carbocycles. The fraction of sp³-hybridized carbons (Fsp3) is 0.407. The van der Waals surface area contributed by atoms with E-state index in [4.69, 9.17) is 16.3 Å². The average Bonchev–Trinajstić information content (AvgIpc) is 2.89. The predicted octanol–water partition coefficient (Wildman–Crippen LogP) is 5.16. The SMILES string of the molecule is CCOC(=O)Cn1cc(Cc2cncnc2)c(=O)nc1SCCCCCCCC(=O)c1ccc(Cl)cc1. The average molecular weight is 543 g/mol. The lowest BCUT2D eigenvalue weighted by molar-refractivity contribution is -0.144. The van der Waals surface area contributed by atoms with Crippen molar-refractivity contribution >= 4 is 35.1 Å². The minimum absolute atomic E-state index is 0.0105. The number of rotatable bonds is 15. The molecule has 0 N–H and O–H groups in total. The zero-order chi connectivity index (χ0) is 26.5. The molecule has 3 aromatic rings. The summed E-state index contributed by atoms with van der Waals surface area (Å²) in [4.78, 5) is 49.3. The van der Waals surface area contributed by atoms with E-state index < -0.39 is 0 Å². The molecule has 0 fully saturated rings. The van der Waals surface area contributed by atoms with Gasteiger partial charge in [0.25, 0.3) is 5.56 Å². The van der Waals surface area contributed by atoms with Crippen LogP contribution in [0.3, 0.4) is 0 Å². The third kappa shape index (κ3) is 9.74. The quantitative estimate of drug-likeness (QED) is 0.0853. The van der Waals surface area contributed by atoms with E-state index in [1.807, 2.05) is 0 Å². The second kappa shape index (κ2) is 15.3. The molecule has 1 aromatic carbocycles. The van der Waals surface area contributed by atoms with Gasteiger partial charge in [0, 0.05) is 53.3 Å². The van der Waals surface area contributed by atoms with Crippen molar-refractivity contribution in [2.24, 2.45) is 0 Å². The molecule has 0 spiro atoms. The first-order valence-corrected chi connectivity index (χ1v) is 13.7. The Balaban J connectivity index is 1.47. The van der Waals surface area contributed by atoms with Gasteiger partial charge in [-0.1, -0.05) is 42.6 Å². The summed E-state index contributed by atoms with van der Waals surface area (Å²) in [5.74, 6) is 0.531. The number of carbonyl (C=O) groups is 2. The van der Waals surface area contributed by atoms with Gasteiger partial charge in [-0.3, -0.25) is 14.4 Å². The number of nitrogens with zero attached hydrogens (tertiary/aromatic N) is 4. The monoisotopic (exact) mass is 542 g/mol. The summed E-state index contributed by atoms with van der Waals surface area (Å²) in [6.07, 6.45) is 12.1. The molecule has 0 atom stereocenters. The predicted molar refractivity (Wildman–Crippen MR) is 144 cm³/mol. The fourth-order valence-corrected chi connectivity index (χ4v) is 4.81. The number of ether oxygens (including phenoxy) is 1. The van der Waals surface area contributed by atoms with Crippen LogP contribution in [0.25, 0.3) is 0 Å². The summed E-state index contributed by atoms with van der Waals surface area (Å²) >= 11 is 7.33. The number of unbranched alkanes of at least 4 members (excludes halogenated alkanes) is 4. The van der Waals surface area contributed by atoms with Crippen LogP contribution in [0.2, 0.25) is 5.02 Å². The summed E-state index contributed by atoms with van der Waals surface area (Å²) in [6, 6.07) is 7.00. The lowest BCUT2D eigenvalue weighted by Crippen LogP contribution is -2.23. The van der Waals surface area contributed by atoms with Gasteiger partial charge in [0.05, 0.1) is 6.61 Å². The fourth-order valence-electron chi connectivity index (χ4n) is 3.72. The van der Waals surface area contributed by atoms with E-state index in [0.29, 0.717) is 34.1 Å². The maximum atomic E-state index is 12.7. The normalized spacial score (nSPS) is 10.9. The Morgan fingerprint density at radius 3 is 2.46 bits per heavy atom. The lowest BCUT2D eigenvalue weighted by Gasteiger charge is -2.13. The number of hydrogen-bond acceptors (Lipinski definition) is 8. The van der Waals surface area contributed by atoms with Crippen molar-refractivity contribution in [1.29, 1.82) is 0 Å². The zero-order valence-electron chi connectivity index (χ0n) is 20.9. The highest BCUT2D eigenvalue weighted by atomic mass is 35.5. The van der Waals surface area contributed by atoms with E-state index in [1.165, 1.54) is 18.1 Å². The van der Waals surface area contributed by atoms with Gasteiger partial charge in [0.1, 0.15) is 12.9 Å². The van der Waals surface area contributed by atoms with E-state index in [2.05, 4.69) is 15.0 Å². The molecule has 0 aliphatic heterocycles. The zero-order valence-corrected chi connectivity index (χ0v) is 22.5. The summed E-state index contributed by atoms with van der Waals surface area (Å²) in [7, 11) is 0. The van der Waals surface area contributed by atoms with Crippen LogP contribution < -0.4 is 5.56 Å².